The number of aryl methyl sites for hydroxylation is 1. The Morgan fingerprint density at radius 2 is 2.07 bits per heavy atom. The Kier molecular flexibility index (Phi) is 6.52. The summed E-state index contributed by atoms with van der Waals surface area (Å²) in [5.41, 5.74) is 0.553. The molecular formula is C20H24ClN3O2S. The van der Waals surface area contributed by atoms with E-state index in [2.05, 4.69) is 29.3 Å². The fraction of sp³-hybridized carbons (Fsp3) is 0.400. The molecule has 1 aliphatic rings. The van der Waals surface area contributed by atoms with Crippen molar-refractivity contribution in [2.45, 2.75) is 25.8 Å². The molecule has 1 aromatic heterocycles. The predicted molar refractivity (Wildman–Crippen MR) is 110 cm³/mol. The van der Waals surface area contributed by atoms with Gasteiger partial charge in [0.1, 0.15) is 0 Å². The van der Waals surface area contributed by atoms with Gasteiger partial charge in [0.05, 0.1) is 23.8 Å². The van der Waals surface area contributed by atoms with Gasteiger partial charge in [-0.3, -0.25) is 14.5 Å². The van der Waals surface area contributed by atoms with E-state index in [0.29, 0.717) is 23.3 Å². The van der Waals surface area contributed by atoms with Crippen molar-refractivity contribution in [3.63, 3.8) is 0 Å². The number of carbonyl (C=O) groups excluding carboxylic acids is 2. The highest BCUT2D eigenvalue weighted by atomic mass is 35.5. The molecule has 0 saturated carbocycles. The van der Waals surface area contributed by atoms with Gasteiger partial charge in [-0.1, -0.05) is 23.7 Å². The molecule has 2 aromatic rings. The molecule has 7 heteroatoms. The Labute approximate surface area is 168 Å². The second kappa shape index (κ2) is 8.87. The van der Waals surface area contributed by atoms with E-state index in [1.54, 1.807) is 42.6 Å². The molecule has 0 bridgehead atoms. The number of hydrogen-bond acceptors (Lipinski definition) is 4. The molecule has 1 saturated heterocycles. The lowest BCUT2D eigenvalue weighted by molar-refractivity contribution is -0.134. The number of benzene rings is 1. The number of para-hydroxylation sites is 1. The fourth-order valence-electron chi connectivity index (χ4n) is 3.32. The SMILES string of the molecule is Cc1ccc(C2CCCN2CC(=O)N(C)CC(=O)Nc2ccccc2Cl)s1. The van der Waals surface area contributed by atoms with E-state index in [1.807, 2.05) is 0 Å². The van der Waals surface area contributed by atoms with Gasteiger partial charge in [0, 0.05) is 22.8 Å². The number of nitrogens with one attached hydrogen (secondary N) is 1. The average molecular weight is 406 g/mol. The van der Waals surface area contributed by atoms with Gasteiger partial charge in [-0.05, 0) is 50.6 Å². The van der Waals surface area contributed by atoms with Crippen LogP contribution in [0.2, 0.25) is 5.02 Å². The van der Waals surface area contributed by atoms with Gasteiger partial charge in [-0.15, -0.1) is 11.3 Å². The number of likely N-dealkylation sites (tertiary alicyclic amines) is 1. The number of anilines is 1. The van der Waals surface area contributed by atoms with Crippen LogP contribution in [0.15, 0.2) is 36.4 Å². The monoisotopic (exact) mass is 405 g/mol. The first-order valence-electron chi connectivity index (χ1n) is 9.03. The van der Waals surface area contributed by atoms with Crippen molar-refractivity contribution >= 4 is 40.4 Å². The molecule has 0 spiro atoms. The largest absolute Gasteiger partial charge is 0.335 e. The number of amides is 2. The highest BCUT2D eigenvalue weighted by Crippen LogP contribution is 2.35. The Hall–Kier alpha value is -1.89. The lowest BCUT2D eigenvalue weighted by Gasteiger charge is -2.25. The average Bonchev–Trinajstić information content (AvgIpc) is 3.25. The summed E-state index contributed by atoms with van der Waals surface area (Å²) in [5.74, 6) is -0.310. The van der Waals surface area contributed by atoms with E-state index in [1.165, 1.54) is 14.7 Å². The van der Waals surface area contributed by atoms with Crippen LogP contribution < -0.4 is 5.32 Å². The summed E-state index contributed by atoms with van der Waals surface area (Å²) < 4.78 is 0. The van der Waals surface area contributed by atoms with E-state index in [9.17, 15) is 9.59 Å². The molecule has 0 aliphatic carbocycles. The maximum absolute atomic E-state index is 12.6. The zero-order valence-corrected chi connectivity index (χ0v) is 17.1. The summed E-state index contributed by atoms with van der Waals surface area (Å²) in [5, 5.41) is 3.23. The predicted octanol–water partition coefficient (Wildman–Crippen LogP) is 3.94. The van der Waals surface area contributed by atoms with Gasteiger partial charge in [-0.2, -0.15) is 0 Å². The first-order chi connectivity index (χ1) is 12.9. The van der Waals surface area contributed by atoms with Gasteiger partial charge in [-0.25, -0.2) is 0 Å². The van der Waals surface area contributed by atoms with E-state index in [-0.39, 0.29) is 18.4 Å². The van der Waals surface area contributed by atoms with Crippen LogP contribution in [0, 0.1) is 6.92 Å². The summed E-state index contributed by atoms with van der Waals surface area (Å²) in [7, 11) is 1.66. The molecule has 2 heterocycles. The van der Waals surface area contributed by atoms with Crippen molar-refractivity contribution in [1.29, 1.82) is 0 Å². The number of thiophene rings is 1. The maximum Gasteiger partial charge on any atom is 0.244 e. The van der Waals surface area contributed by atoms with Crippen LogP contribution in [0.5, 0.6) is 0 Å². The number of rotatable bonds is 6. The van der Waals surface area contributed by atoms with Crippen molar-refractivity contribution < 1.29 is 9.59 Å². The first-order valence-corrected chi connectivity index (χ1v) is 10.2. The second-order valence-electron chi connectivity index (χ2n) is 6.85. The summed E-state index contributed by atoms with van der Waals surface area (Å²) >= 11 is 7.85. The maximum atomic E-state index is 12.6. The van der Waals surface area contributed by atoms with Crippen molar-refractivity contribution in [2.24, 2.45) is 0 Å². The molecule has 1 aromatic carbocycles. The Morgan fingerprint density at radius 3 is 2.78 bits per heavy atom. The van der Waals surface area contributed by atoms with Crippen LogP contribution in [0.25, 0.3) is 0 Å². The number of likely N-dealkylation sites (N-methyl/N-ethyl adjacent to an activating group) is 1. The molecule has 0 radical (unpaired) electrons. The number of nitrogens with zero attached hydrogens (tertiary/aromatic N) is 2. The quantitative estimate of drug-likeness (QED) is 0.791. The molecule has 1 unspecified atom stereocenters. The Bertz CT molecular complexity index is 823. The van der Waals surface area contributed by atoms with E-state index >= 15 is 0 Å². The van der Waals surface area contributed by atoms with Gasteiger partial charge in [0.2, 0.25) is 11.8 Å². The van der Waals surface area contributed by atoms with E-state index in [0.717, 1.165) is 19.4 Å². The van der Waals surface area contributed by atoms with Crippen molar-refractivity contribution in [3.8, 4) is 0 Å². The van der Waals surface area contributed by atoms with Crippen molar-refractivity contribution in [2.75, 3.05) is 32.0 Å². The summed E-state index contributed by atoms with van der Waals surface area (Å²) in [4.78, 5) is 31.1. The third kappa shape index (κ3) is 5.09. The van der Waals surface area contributed by atoms with Crippen LogP contribution in [0.4, 0.5) is 5.69 Å². The third-order valence-electron chi connectivity index (χ3n) is 4.75. The van der Waals surface area contributed by atoms with Crippen molar-refractivity contribution in [1.82, 2.24) is 9.80 Å². The lowest BCUT2D eigenvalue weighted by atomic mass is 10.2. The van der Waals surface area contributed by atoms with Gasteiger partial charge >= 0.3 is 0 Å². The molecule has 144 valence electrons. The molecule has 1 atom stereocenters. The minimum Gasteiger partial charge on any atom is -0.335 e. The normalized spacial score (nSPS) is 17.1. The van der Waals surface area contributed by atoms with Gasteiger partial charge < -0.3 is 10.2 Å². The zero-order chi connectivity index (χ0) is 19.4. The molecule has 3 rings (SSSR count). The molecular weight excluding hydrogens is 382 g/mol. The molecule has 2 amide bonds. The minimum absolute atomic E-state index is 0.000668. The first kappa shape index (κ1) is 19.9. The highest BCUT2D eigenvalue weighted by molar-refractivity contribution is 7.12. The van der Waals surface area contributed by atoms with Crippen LogP contribution in [0.3, 0.4) is 0 Å². The number of carbonyl (C=O) groups is 2. The van der Waals surface area contributed by atoms with Gasteiger partial charge in [0.15, 0.2) is 0 Å². The standard InChI is InChI=1S/C20H24ClN3O2S/c1-14-9-10-18(27-14)17-8-5-11-24(17)13-20(26)23(2)12-19(25)22-16-7-4-3-6-15(16)21/h3-4,6-7,9-10,17H,5,8,11-13H2,1-2H3,(H,22,25). The summed E-state index contributed by atoms with van der Waals surface area (Å²) in [6.07, 6.45) is 2.16. The lowest BCUT2D eigenvalue weighted by Crippen LogP contribution is -2.41. The second-order valence-corrected chi connectivity index (χ2v) is 8.58. The molecule has 27 heavy (non-hydrogen) atoms. The Balaban J connectivity index is 1.54. The van der Waals surface area contributed by atoms with Crippen LogP contribution in [-0.2, 0) is 9.59 Å². The minimum atomic E-state index is -0.259. The topological polar surface area (TPSA) is 52.7 Å². The van der Waals surface area contributed by atoms with Gasteiger partial charge in [0.25, 0.3) is 0 Å². The molecule has 1 N–H and O–H groups in total. The van der Waals surface area contributed by atoms with Crippen molar-refractivity contribution in [3.05, 3.63) is 51.2 Å². The fourth-order valence-corrected chi connectivity index (χ4v) is 4.55. The molecule has 5 nitrogen and oxygen atoms in total. The van der Waals surface area contributed by atoms with Crippen LogP contribution in [0.1, 0.15) is 28.6 Å². The molecule has 1 aliphatic heterocycles. The number of hydrogen-bond donors (Lipinski definition) is 1. The van der Waals surface area contributed by atoms with E-state index in [4.69, 9.17) is 11.6 Å². The smallest absolute Gasteiger partial charge is 0.244 e. The zero-order valence-electron chi connectivity index (χ0n) is 15.6. The molecule has 1 fully saturated rings. The Morgan fingerprint density at radius 1 is 1.30 bits per heavy atom. The third-order valence-corrected chi connectivity index (χ3v) is 6.18. The summed E-state index contributed by atoms with van der Waals surface area (Å²) in [6.45, 7) is 3.34. The van der Waals surface area contributed by atoms with E-state index < -0.39 is 0 Å². The highest BCUT2D eigenvalue weighted by Gasteiger charge is 2.29. The summed E-state index contributed by atoms with van der Waals surface area (Å²) in [6, 6.07) is 11.6. The number of halogens is 1. The van der Waals surface area contributed by atoms with Crippen LogP contribution in [-0.4, -0.2) is 48.3 Å². The van der Waals surface area contributed by atoms with Crippen LogP contribution >= 0.6 is 22.9 Å².